The lowest BCUT2D eigenvalue weighted by molar-refractivity contribution is -0.782. The van der Waals surface area contributed by atoms with Gasteiger partial charge in [0.15, 0.2) is 5.75 Å². The van der Waals surface area contributed by atoms with Crippen molar-refractivity contribution in [1.82, 2.24) is 10.1 Å². The molecule has 0 amide bonds. The zero-order valence-corrected chi connectivity index (χ0v) is 8.61. The summed E-state index contributed by atoms with van der Waals surface area (Å²) in [4.78, 5) is 4.27. The first-order valence-electron chi connectivity index (χ1n) is 4.91. The summed E-state index contributed by atoms with van der Waals surface area (Å²) < 4.78 is 10.1. The molecular weight excluding hydrogens is 222 g/mol. The highest BCUT2D eigenvalue weighted by Crippen LogP contribution is 2.26. The Kier molecular flexibility index (Phi) is 2.11. The van der Waals surface area contributed by atoms with Gasteiger partial charge in [0.2, 0.25) is 5.52 Å². The van der Waals surface area contributed by atoms with E-state index in [0.717, 1.165) is 0 Å². The number of ether oxygens (including phenoxy) is 1. The largest absolute Gasteiger partial charge is 0.451 e. The summed E-state index contributed by atoms with van der Waals surface area (Å²) in [6.07, 6.45) is 3.22. The maximum atomic E-state index is 11.2. The maximum Gasteiger partial charge on any atom is 0.290 e. The van der Waals surface area contributed by atoms with Crippen molar-refractivity contribution in [2.75, 3.05) is 0 Å². The number of nitrogens with zero attached hydrogens (tertiary/aromatic N) is 3. The molecule has 0 aliphatic heterocycles. The second-order valence-electron chi connectivity index (χ2n) is 3.34. The van der Waals surface area contributed by atoms with E-state index in [9.17, 15) is 5.21 Å². The first-order chi connectivity index (χ1) is 8.34. The van der Waals surface area contributed by atoms with Crippen LogP contribution in [0.3, 0.4) is 0 Å². The van der Waals surface area contributed by atoms with Crippen LogP contribution in [0, 0.1) is 5.21 Å². The Morgan fingerprint density at radius 3 is 3.00 bits per heavy atom. The van der Waals surface area contributed by atoms with Gasteiger partial charge in [0.1, 0.15) is 5.75 Å². The molecule has 3 aromatic rings. The van der Waals surface area contributed by atoms with Gasteiger partial charge in [0.05, 0.1) is 11.4 Å². The van der Waals surface area contributed by atoms with Crippen LogP contribution in [0.5, 0.6) is 11.5 Å². The minimum atomic E-state index is 0.325. The van der Waals surface area contributed by atoms with Crippen molar-refractivity contribution in [3.8, 4) is 11.5 Å². The Hall–Kier alpha value is -2.63. The van der Waals surface area contributed by atoms with Crippen LogP contribution >= 0.6 is 0 Å². The minimum Gasteiger partial charge on any atom is -0.451 e. The summed E-state index contributed by atoms with van der Waals surface area (Å²) in [7, 11) is 0. The zero-order valence-electron chi connectivity index (χ0n) is 8.61. The first kappa shape index (κ1) is 9.59. The Bertz CT molecular complexity index is 651. The van der Waals surface area contributed by atoms with Crippen molar-refractivity contribution < 1.29 is 14.3 Å². The van der Waals surface area contributed by atoms with E-state index in [0.29, 0.717) is 27.4 Å². The molecule has 17 heavy (non-hydrogen) atoms. The third-order valence-electron chi connectivity index (χ3n) is 2.24. The van der Waals surface area contributed by atoms with Crippen LogP contribution in [0.15, 0.2) is 47.4 Å². The van der Waals surface area contributed by atoms with Gasteiger partial charge in [0, 0.05) is 6.20 Å². The number of fused-ring (bicyclic) bond motifs is 1. The lowest BCUT2D eigenvalue weighted by atomic mass is 10.3. The molecule has 6 nitrogen and oxygen atoms in total. The zero-order chi connectivity index (χ0) is 11.7. The lowest BCUT2D eigenvalue weighted by Gasteiger charge is -2.02. The topological polar surface area (TPSA) is 75.1 Å². The highest BCUT2D eigenvalue weighted by atomic mass is 16.8. The monoisotopic (exact) mass is 229 g/mol. The van der Waals surface area contributed by atoms with Gasteiger partial charge in [-0.05, 0) is 29.2 Å². The highest BCUT2D eigenvalue weighted by Gasteiger charge is 2.15. The van der Waals surface area contributed by atoms with Crippen LogP contribution in [-0.2, 0) is 0 Å². The van der Waals surface area contributed by atoms with Gasteiger partial charge in [0.25, 0.3) is 5.52 Å². The van der Waals surface area contributed by atoms with Crippen molar-refractivity contribution in [3.63, 3.8) is 0 Å². The quantitative estimate of drug-likeness (QED) is 0.624. The van der Waals surface area contributed by atoms with Gasteiger partial charge >= 0.3 is 0 Å². The van der Waals surface area contributed by atoms with E-state index in [1.807, 2.05) is 0 Å². The van der Waals surface area contributed by atoms with Gasteiger partial charge in [-0.2, -0.15) is 0 Å². The van der Waals surface area contributed by atoms with E-state index in [2.05, 4.69) is 14.8 Å². The Morgan fingerprint density at radius 2 is 2.18 bits per heavy atom. The fraction of sp³-hybridized carbons (Fsp3) is 0. The van der Waals surface area contributed by atoms with Crippen LogP contribution < -0.4 is 9.64 Å². The van der Waals surface area contributed by atoms with E-state index >= 15 is 0 Å². The van der Waals surface area contributed by atoms with Crippen molar-refractivity contribution in [2.24, 2.45) is 0 Å². The summed E-state index contributed by atoms with van der Waals surface area (Å²) in [6.45, 7) is 0. The number of benzene rings is 1. The summed E-state index contributed by atoms with van der Waals surface area (Å²) >= 11 is 0. The number of rotatable bonds is 2. The van der Waals surface area contributed by atoms with Crippen molar-refractivity contribution in [2.45, 2.75) is 0 Å². The second kappa shape index (κ2) is 3.75. The number of hydrogen-bond acceptors (Lipinski definition) is 5. The smallest absolute Gasteiger partial charge is 0.290 e. The minimum absolute atomic E-state index is 0.325. The predicted molar refractivity (Wildman–Crippen MR) is 57.3 cm³/mol. The van der Waals surface area contributed by atoms with E-state index in [1.165, 1.54) is 0 Å². The SMILES string of the molecule is [O-][n+]1onc2c(Oc3cccnc3)cccc21. The highest BCUT2D eigenvalue weighted by molar-refractivity contribution is 5.77. The molecule has 0 saturated heterocycles. The molecule has 0 fully saturated rings. The molecule has 3 rings (SSSR count). The van der Waals surface area contributed by atoms with Gasteiger partial charge in [-0.25, -0.2) is 0 Å². The van der Waals surface area contributed by atoms with Gasteiger partial charge < -0.3 is 9.94 Å². The van der Waals surface area contributed by atoms with E-state index in [-0.39, 0.29) is 0 Å². The predicted octanol–water partition coefficient (Wildman–Crippen LogP) is 1.65. The van der Waals surface area contributed by atoms with E-state index in [4.69, 9.17) is 4.74 Å². The van der Waals surface area contributed by atoms with Crippen molar-refractivity contribution in [1.29, 1.82) is 0 Å². The number of pyridine rings is 1. The maximum absolute atomic E-state index is 11.2. The van der Waals surface area contributed by atoms with Gasteiger partial charge in [-0.15, -0.1) is 0 Å². The Balaban J connectivity index is 2.06. The van der Waals surface area contributed by atoms with Gasteiger partial charge in [-0.3, -0.25) is 9.61 Å². The standard InChI is InChI=1S/C11H7N3O3/c15-14-9-4-1-5-10(11(9)13-17-14)16-8-3-2-6-12-7-8/h1-7H. The van der Waals surface area contributed by atoms with Crippen molar-refractivity contribution in [3.05, 3.63) is 47.9 Å². The fourth-order valence-electron chi connectivity index (χ4n) is 1.49. The molecule has 0 radical (unpaired) electrons. The van der Waals surface area contributed by atoms with Crippen LogP contribution in [0.1, 0.15) is 0 Å². The molecule has 0 bridgehead atoms. The average molecular weight is 229 g/mol. The molecule has 0 atom stereocenters. The summed E-state index contributed by atoms with van der Waals surface area (Å²) in [5.41, 5.74) is 0.706. The molecule has 0 spiro atoms. The number of hydrogen-bond donors (Lipinski definition) is 0. The molecule has 2 aromatic heterocycles. The Morgan fingerprint density at radius 1 is 1.24 bits per heavy atom. The second-order valence-corrected chi connectivity index (χ2v) is 3.34. The molecule has 6 heteroatoms. The van der Waals surface area contributed by atoms with E-state index < -0.39 is 0 Å². The van der Waals surface area contributed by atoms with Gasteiger partial charge in [-0.1, -0.05) is 6.07 Å². The van der Waals surface area contributed by atoms with Crippen molar-refractivity contribution >= 4 is 11.0 Å². The molecule has 0 aliphatic rings. The molecule has 0 aliphatic carbocycles. The third-order valence-corrected chi connectivity index (χ3v) is 2.24. The normalized spacial score (nSPS) is 10.6. The lowest BCUT2D eigenvalue weighted by Crippen LogP contribution is -2.22. The molecule has 0 unspecified atom stereocenters. The molecule has 0 saturated carbocycles. The summed E-state index contributed by atoms with van der Waals surface area (Å²) in [5, 5.41) is 14.8. The fourth-order valence-corrected chi connectivity index (χ4v) is 1.49. The third kappa shape index (κ3) is 1.65. The molecule has 2 heterocycles. The number of aromatic nitrogens is 3. The van der Waals surface area contributed by atoms with E-state index in [1.54, 1.807) is 42.7 Å². The average Bonchev–Trinajstić information content (AvgIpc) is 2.74. The first-order valence-corrected chi connectivity index (χ1v) is 4.91. The molecule has 0 N–H and O–H groups in total. The Labute approximate surface area is 95.6 Å². The van der Waals surface area contributed by atoms with Crippen LogP contribution in [-0.4, -0.2) is 10.1 Å². The molecule has 1 aromatic carbocycles. The van der Waals surface area contributed by atoms with Crippen LogP contribution in [0.2, 0.25) is 0 Å². The summed E-state index contributed by atoms with van der Waals surface area (Å²) in [6, 6.07) is 8.52. The molecule has 84 valence electrons. The van der Waals surface area contributed by atoms with Crippen LogP contribution in [0.25, 0.3) is 11.0 Å². The summed E-state index contributed by atoms with van der Waals surface area (Å²) in [5.74, 6) is 1.02. The van der Waals surface area contributed by atoms with Crippen LogP contribution in [0.4, 0.5) is 0 Å². The molecular formula is C11H7N3O3.